The van der Waals surface area contributed by atoms with Crippen molar-refractivity contribution in [3.63, 3.8) is 0 Å². The molecule has 0 saturated carbocycles. The predicted octanol–water partition coefficient (Wildman–Crippen LogP) is 3.01. The van der Waals surface area contributed by atoms with Crippen molar-refractivity contribution in [2.75, 3.05) is 0 Å². The highest BCUT2D eigenvalue weighted by atomic mass is 35.5. The van der Waals surface area contributed by atoms with Crippen LogP contribution in [-0.2, 0) is 6.54 Å². The van der Waals surface area contributed by atoms with E-state index in [-0.39, 0.29) is 23.8 Å². The summed E-state index contributed by atoms with van der Waals surface area (Å²) in [6.45, 7) is 1.54. The summed E-state index contributed by atoms with van der Waals surface area (Å²) in [7, 11) is 0. The van der Waals surface area contributed by atoms with Crippen molar-refractivity contribution in [3.05, 3.63) is 70.3 Å². The minimum Gasteiger partial charge on any atom is -0.291 e. The van der Waals surface area contributed by atoms with Crippen LogP contribution in [0.4, 0.5) is 4.39 Å². The average molecular weight is 356 g/mol. The smallest absolute Gasteiger partial charge is 0.217 e. The Labute approximate surface area is 147 Å². The van der Waals surface area contributed by atoms with Gasteiger partial charge in [-0.05, 0) is 30.3 Å². The summed E-state index contributed by atoms with van der Waals surface area (Å²) in [5.41, 5.74) is 1.68. The van der Waals surface area contributed by atoms with Crippen LogP contribution in [0.25, 0.3) is 5.69 Å². The number of ketones is 1. The maximum absolute atomic E-state index is 14.3. The molecule has 0 amide bonds. The number of hydrogen-bond donors (Lipinski definition) is 0. The van der Waals surface area contributed by atoms with Crippen LogP contribution in [0.1, 0.15) is 34.6 Å². The summed E-state index contributed by atoms with van der Waals surface area (Å²) in [6.07, 6.45) is 1.50. The molecule has 1 aliphatic rings. The van der Waals surface area contributed by atoms with Crippen LogP contribution in [0.2, 0.25) is 5.02 Å². The van der Waals surface area contributed by atoms with Gasteiger partial charge in [0.15, 0.2) is 17.4 Å². The lowest BCUT2D eigenvalue weighted by molar-refractivity contribution is 0.100. The van der Waals surface area contributed by atoms with Crippen LogP contribution in [0.5, 0.6) is 0 Å². The molecule has 0 radical (unpaired) electrons. The lowest BCUT2D eigenvalue weighted by Gasteiger charge is -2.11. The van der Waals surface area contributed by atoms with Crippen molar-refractivity contribution < 1.29 is 9.18 Å². The lowest BCUT2D eigenvalue weighted by atomic mass is 10.0. The van der Waals surface area contributed by atoms with E-state index in [0.29, 0.717) is 27.8 Å². The number of fused-ring (bicyclic) bond motifs is 3. The quantitative estimate of drug-likeness (QED) is 0.662. The molecule has 1 aromatic carbocycles. The molecule has 1 aliphatic heterocycles. The van der Waals surface area contributed by atoms with Gasteiger partial charge in [0.1, 0.15) is 5.69 Å². The number of aliphatic imine (C=N–C) groups is 1. The highest BCUT2D eigenvalue weighted by molar-refractivity contribution is 6.31. The number of Topliss-reactive ketones (excluding diaryl/α,β-unsaturated/α-hetero) is 1. The fourth-order valence-corrected chi connectivity index (χ4v) is 2.84. The zero-order valence-corrected chi connectivity index (χ0v) is 13.8. The van der Waals surface area contributed by atoms with Gasteiger partial charge in [-0.15, -0.1) is 5.10 Å². The molecule has 25 heavy (non-hydrogen) atoms. The van der Waals surface area contributed by atoms with E-state index < -0.39 is 5.82 Å². The minimum atomic E-state index is -0.482. The zero-order valence-electron chi connectivity index (χ0n) is 13.1. The van der Waals surface area contributed by atoms with E-state index in [1.54, 1.807) is 22.9 Å². The molecule has 0 aliphatic carbocycles. The third-order valence-corrected chi connectivity index (χ3v) is 4.03. The van der Waals surface area contributed by atoms with Crippen molar-refractivity contribution in [2.45, 2.75) is 13.5 Å². The van der Waals surface area contributed by atoms with Gasteiger partial charge in [-0.1, -0.05) is 11.6 Å². The number of nitrogens with zero attached hydrogens (tertiary/aromatic N) is 5. The summed E-state index contributed by atoms with van der Waals surface area (Å²) in [6, 6.07) is 7.94. The van der Waals surface area contributed by atoms with Gasteiger partial charge in [0.2, 0.25) is 5.82 Å². The molecule has 6 nitrogen and oxygen atoms in total. The topological polar surface area (TPSA) is 73.0 Å². The first-order valence-electron chi connectivity index (χ1n) is 7.47. The zero-order chi connectivity index (χ0) is 17.6. The number of benzene rings is 1. The molecule has 124 valence electrons. The number of rotatable bonds is 2. The summed E-state index contributed by atoms with van der Waals surface area (Å²) in [5, 5.41) is 4.73. The van der Waals surface area contributed by atoms with Crippen LogP contribution < -0.4 is 0 Å². The van der Waals surface area contributed by atoms with Gasteiger partial charge >= 0.3 is 0 Å². The molecule has 8 heteroatoms. The second kappa shape index (κ2) is 5.86. The van der Waals surface area contributed by atoms with Crippen molar-refractivity contribution in [2.24, 2.45) is 4.99 Å². The number of aromatic nitrogens is 4. The normalized spacial score (nSPS) is 12.8. The van der Waals surface area contributed by atoms with Crippen molar-refractivity contribution >= 4 is 23.1 Å². The van der Waals surface area contributed by atoms with Gasteiger partial charge in [0, 0.05) is 23.7 Å². The highest BCUT2D eigenvalue weighted by Crippen LogP contribution is 2.27. The van der Waals surface area contributed by atoms with E-state index >= 15 is 0 Å². The lowest BCUT2D eigenvalue weighted by Crippen LogP contribution is -2.11. The number of hydrogen-bond acceptors (Lipinski definition) is 5. The van der Waals surface area contributed by atoms with E-state index in [0.717, 1.165) is 0 Å². The van der Waals surface area contributed by atoms with Gasteiger partial charge in [0.05, 0.1) is 17.9 Å². The van der Waals surface area contributed by atoms with Gasteiger partial charge in [-0.25, -0.2) is 14.1 Å². The first kappa shape index (κ1) is 15.6. The van der Waals surface area contributed by atoms with Crippen LogP contribution in [-0.4, -0.2) is 31.2 Å². The van der Waals surface area contributed by atoms with E-state index in [9.17, 15) is 9.18 Å². The standard InChI is InChI=1S/C17H11ClFN5O/c1-9(25)17-22-14-8-21-15(16-12(19)3-2-6-20-16)11-7-10(18)4-5-13(11)24(14)23-17/h2-7H,8H2,1H3. The van der Waals surface area contributed by atoms with E-state index in [2.05, 4.69) is 20.1 Å². The molecule has 0 bridgehead atoms. The molecule has 0 saturated heterocycles. The number of halogens is 2. The fourth-order valence-electron chi connectivity index (χ4n) is 2.67. The van der Waals surface area contributed by atoms with Gasteiger partial charge in [-0.2, -0.15) is 0 Å². The molecule has 4 rings (SSSR count). The molecular weight excluding hydrogens is 345 g/mol. The third kappa shape index (κ3) is 2.62. The molecule has 0 atom stereocenters. The molecule has 0 fully saturated rings. The maximum atomic E-state index is 14.3. The Balaban J connectivity index is 1.98. The fraction of sp³-hybridized carbons (Fsp3) is 0.118. The molecule has 0 unspecified atom stereocenters. The summed E-state index contributed by atoms with van der Waals surface area (Å²) >= 11 is 6.14. The van der Waals surface area contributed by atoms with Crippen molar-refractivity contribution in [3.8, 4) is 5.69 Å². The molecule has 2 aromatic heterocycles. The Morgan fingerprint density at radius 1 is 1.32 bits per heavy atom. The van der Waals surface area contributed by atoms with Crippen molar-refractivity contribution in [1.82, 2.24) is 19.7 Å². The Morgan fingerprint density at radius 2 is 2.16 bits per heavy atom. The van der Waals surface area contributed by atoms with Crippen molar-refractivity contribution in [1.29, 1.82) is 0 Å². The number of carbonyl (C=O) groups excluding carboxylic acids is 1. The van der Waals surface area contributed by atoms with Gasteiger partial charge < -0.3 is 0 Å². The van der Waals surface area contributed by atoms with Crippen LogP contribution >= 0.6 is 11.6 Å². The third-order valence-electron chi connectivity index (χ3n) is 3.79. The molecule has 0 N–H and O–H groups in total. The Hall–Kier alpha value is -2.93. The van der Waals surface area contributed by atoms with Crippen LogP contribution in [0.3, 0.4) is 0 Å². The predicted molar refractivity (Wildman–Crippen MR) is 89.9 cm³/mol. The second-order valence-electron chi connectivity index (χ2n) is 5.48. The molecule has 3 aromatic rings. The Kier molecular flexibility index (Phi) is 3.65. The summed E-state index contributed by atoms with van der Waals surface area (Å²) in [5.74, 6) is -0.126. The number of carbonyl (C=O) groups is 1. The van der Waals surface area contributed by atoms with E-state index in [4.69, 9.17) is 11.6 Å². The molecule has 0 spiro atoms. The number of pyridine rings is 1. The summed E-state index contributed by atoms with van der Waals surface area (Å²) < 4.78 is 15.8. The first-order chi connectivity index (χ1) is 12.0. The highest BCUT2D eigenvalue weighted by Gasteiger charge is 2.24. The SMILES string of the molecule is CC(=O)c1nc2n(n1)-c1ccc(Cl)cc1C(c1ncccc1F)=NC2. The minimum absolute atomic E-state index is 0.110. The largest absolute Gasteiger partial charge is 0.291 e. The monoisotopic (exact) mass is 355 g/mol. The first-order valence-corrected chi connectivity index (χ1v) is 7.85. The van der Waals surface area contributed by atoms with Crippen LogP contribution in [0.15, 0.2) is 41.5 Å². The van der Waals surface area contributed by atoms with Crippen LogP contribution in [0, 0.1) is 5.82 Å². The summed E-state index contributed by atoms with van der Waals surface area (Å²) in [4.78, 5) is 24.4. The molecular formula is C17H11ClFN5O. The van der Waals surface area contributed by atoms with Gasteiger partial charge in [0.25, 0.3) is 0 Å². The Morgan fingerprint density at radius 3 is 2.92 bits per heavy atom. The average Bonchev–Trinajstić information content (AvgIpc) is 2.95. The molecule has 3 heterocycles. The Bertz CT molecular complexity index is 1040. The second-order valence-corrected chi connectivity index (χ2v) is 5.92. The van der Waals surface area contributed by atoms with E-state index in [1.165, 1.54) is 25.3 Å². The van der Waals surface area contributed by atoms with E-state index in [1.807, 2.05) is 0 Å². The maximum Gasteiger partial charge on any atom is 0.217 e. The van der Waals surface area contributed by atoms with Gasteiger partial charge in [-0.3, -0.25) is 14.8 Å².